The molecular formula is C27H27F3N4O5S. The van der Waals surface area contributed by atoms with Gasteiger partial charge in [-0.05, 0) is 41.0 Å². The first-order valence-corrected chi connectivity index (χ1v) is 14.1. The highest BCUT2D eigenvalue weighted by Crippen LogP contribution is 2.28. The molecule has 1 fully saturated rings. The van der Waals surface area contributed by atoms with Gasteiger partial charge in [-0.15, -0.1) is 0 Å². The summed E-state index contributed by atoms with van der Waals surface area (Å²) in [6.45, 7) is 0.470. The molecule has 3 aromatic carbocycles. The van der Waals surface area contributed by atoms with Gasteiger partial charge >= 0.3 is 12.1 Å². The fourth-order valence-corrected chi connectivity index (χ4v) is 5.40. The number of aliphatic hydroxyl groups excluding tert-OH is 1. The fraction of sp³-hybridized carbons (Fsp3) is 0.259. The number of amides is 2. The normalized spacial score (nSPS) is 16.1. The summed E-state index contributed by atoms with van der Waals surface area (Å²) >= 11 is 0. The zero-order valence-electron chi connectivity index (χ0n) is 21.1. The highest BCUT2D eigenvalue weighted by Gasteiger charge is 2.39. The minimum atomic E-state index is -5.14. The van der Waals surface area contributed by atoms with Gasteiger partial charge in [-0.1, -0.05) is 54.6 Å². The van der Waals surface area contributed by atoms with Crippen LogP contribution in [0.3, 0.4) is 0 Å². The zero-order chi connectivity index (χ0) is 28.9. The van der Waals surface area contributed by atoms with E-state index >= 15 is 0 Å². The monoisotopic (exact) mass is 576 g/mol. The lowest BCUT2D eigenvalue weighted by Crippen LogP contribution is -2.53. The van der Waals surface area contributed by atoms with Gasteiger partial charge in [0.25, 0.3) is 5.91 Å². The summed E-state index contributed by atoms with van der Waals surface area (Å²) in [5, 5.41) is 11.4. The standard InChI is InChI=1S/C27H27F3N4O5S/c28-27(29,30)25(36)32-31-24(35)21-11-9-19(10-12-21)18-34(26(37)33-13-15-40(38,39)16-14-33)23-8-4-7-22(17-23)20-5-2-1-3-6-20/h1-12,17,26,37H,13-16,18H2,(H,31,35)(H,32,36). The quantitative estimate of drug-likeness (QED) is 0.292. The van der Waals surface area contributed by atoms with E-state index in [0.717, 1.165) is 11.1 Å². The van der Waals surface area contributed by atoms with Crippen molar-refractivity contribution in [3.05, 3.63) is 90.0 Å². The number of nitrogens with one attached hydrogen (secondary N) is 2. The second-order valence-corrected chi connectivity index (χ2v) is 11.5. The number of sulfone groups is 1. The smallest absolute Gasteiger partial charge is 0.361 e. The third-order valence-corrected chi connectivity index (χ3v) is 7.99. The van der Waals surface area contributed by atoms with Crippen LogP contribution in [0.5, 0.6) is 0 Å². The molecule has 0 radical (unpaired) electrons. The summed E-state index contributed by atoms with van der Waals surface area (Å²) in [7, 11) is -3.17. The fourth-order valence-electron chi connectivity index (χ4n) is 4.17. The van der Waals surface area contributed by atoms with Gasteiger partial charge in [0.1, 0.15) is 0 Å². The Kier molecular flexibility index (Phi) is 8.76. The van der Waals surface area contributed by atoms with Crippen molar-refractivity contribution in [3.8, 4) is 11.1 Å². The number of hydrazine groups is 1. The van der Waals surface area contributed by atoms with Crippen molar-refractivity contribution in [1.29, 1.82) is 0 Å². The molecule has 0 bridgehead atoms. The number of hydrogen-bond donors (Lipinski definition) is 3. The summed E-state index contributed by atoms with van der Waals surface area (Å²) in [6, 6.07) is 23.0. The highest BCUT2D eigenvalue weighted by atomic mass is 32.2. The number of carbonyl (C=O) groups is 2. The first-order valence-electron chi connectivity index (χ1n) is 12.2. The lowest BCUT2D eigenvalue weighted by Gasteiger charge is -2.39. The molecule has 13 heteroatoms. The number of anilines is 1. The van der Waals surface area contributed by atoms with Crippen LogP contribution in [-0.2, 0) is 21.2 Å². The molecule has 1 atom stereocenters. The second-order valence-electron chi connectivity index (χ2n) is 9.18. The Bertz CT molecular complexity index is 1440. The van der Waals surface area contributed by atoms with Gasteiger partial charge in [0.2, 0.25) is 0 Å². The van der Waals surface area contributed by atoms with Crippen LogP contribution >= 0.6 is 0 Å². The molecule has 0 saturated carbocycles. The van der Waals surface area contributed by atoms with Crippen LogP contribution in [0.25, 0.3) is 11.1 Å². The van der Waals surface area contributed by atoms with E-state index in [0.29, 0.717) is 11.3 Å². The van der Waals surface area contributed by atoms with E-state index in [9.17, 15) is 36.3 Å². The van der Waals surface area contributed by atoms with Crippen LogP contribution in [0, 0.1) is 0 Å². The van der Waals surface area contributed by atoms with E-state index < -0.39 is 34.2 Å². The Balaban J connectivity index is 1.55. The molecule has 0 aromatic heterocycles. The van der Waals surface area contributed by atoms with E-state index in [-0.39, 0.29) is 36.7 Å². The van der Waals surface area contributed by atoms with Gasteiger partial charge < -0.3 is 10.0 Å². The van der Waals surface area contributed by atoms with Crippen molar-refractivity contribution in [1.82, 2.24) is 15.8 Å². The molecular weight excluding hydrogens is 549 g/mol. The summed E-state index contributed by atoms with van der Waals surface area (Å²) < 4.78 is 60.9. The number of halogens is 3. The number of rotatable bonds is 7. The Labute approximate surface area is 229 Å². The van der Waals surface area contributed by atoms with E-state index in [4.69, 9.17) is 0 Å². The predicted molar refractivity (Wildman–Crippen MR) is 142 cm³/mol. The highest BCUT2D eigenvalue weighted by molar-refractivity contribution is 7.91. The molecule has 3 N–H and O–H groups in total. The van der Waals surface area contributed by atoms with Crippen molar-refractivity contribution in [2.24, 2.45) is 0 Å². The van der Waals surface area contributed by atoms with Crippen LogP contribution in [0.4, 0.5) is 18.9 Å². The van der Waals surface area contributed by atoms with Crippen LogP contribution in [0.2, 0.25) is 0 Å². The maximum absolute atomic E-state index is 12.4. The molecule has 0 aliphatic carbocycles. The molecule has 2 amide bonds. The third kappa shape index (κ3) is 7.37. The van der Waals surface area contributed by atoms with Crippen molar-refractivity contribution < 1.29 is 36.3 Å². The maximum Gasteiger partial charge on any atom is 0.472 e. The molecule has 1 unspecified atom stereocenters. The van der Waals surface area contributed by atoms with Gasteiger partial charge in [0, 0.05) is 30.9 Å². The third-order valence-electron chi connectivity index (χ3n) is 6.39. The molecule has 0 spiro atoms. The van der Waals surface area contributed by atoms with E-state index in [1.165, 1.54) is 17.6 Å². The maximum atomic E-state index is 12.4. The predicted octanol–water partition coefficient (Wildman–Crippen LogP) is 2.69. The summed E-state index contributed by atoms with van der Waals surface area (Å²) in [5.74, 6) is -3.38. The molecule has 1 saturated heterocycles. The number of benzene rings is 3. The number of nitrogens with zero attached hydrogens (tertiary/aromatic N) is 2. The summed E-state index contributed by atoms with van der Waals surface area (Å²) in [6.07, 6.45) is -6.31. The molecule has 212 valence electrons. The van der Waals surface area contributed by atoms with Crippen LogP contribution in [0.15, 0.2) is 78.9 Å². The average Bonchev–Trinajstić information content (AvgIpc) is 2.94. The Morgan fingerprint density at radius 1 is 0.900 bits per heavy atom. The van der Waals surface area contributed by atoms with Crippen molar-refractivity contribution >= 4 is 27.3 Å². The number of aliphatic hydroxyl groups is 1. The van der Waals surface area contributed by atoms with Gasteiger partial charge in [-0.25, -0.2) is 8.42 Å². The van der Waals surface area contributed by atoms with E-state index in [1.54, 1.807) is 27.4 Å². The SMILES string of the molecule is O=C(NNC(=O)C(F)(F)F)c1ccc(CN(c2cccc(-c3ccccc3)c2)C(O)N2CCS(=O)(=O)CC2)cc1. The van der Waals surface area contributed by atoms with E-state index in [2.05, 4.69) is 0 Å². The molecule has 1 aliphatic rings. The van der Waals surface area contributed by atoms with Gasteiger partial charge in [-0.3, -0.25) is 25.3 Å². The largest absolute Gasteiger partial charge is 0.472 e. The molecule has 40 heavy (non-hydrogen) atoms. The molecule has 1 heterocycles. The Morgan fingerprint density at radius 3 is 2.15 bits per heavy atom. The minimum Gasteiger partial charge on any atom is -0.361 e. The van der Waals surface area contributed by atoms with Crippen LogP contribution in [-0.4, -0.2) is 67.4 Å². The van der Waals surface area contributed by atoms with E-state index in [1.807, 2.05) is 54.6 Å². The average molecular weight is 577 g/mol. The Morgan fingerprint density at radius 2 is 1.52 bits per heavy atom. The van der Waals surface area contributed by atoms with Gasteiger partial charge in [0.05, 0.1) is 11.5 Å². The minimum absolute atomic E-state index is 0.00522. The molecule has 1 aliphatic heterocycles. The van der Waals surface area contributed by atoms with Crippen molar-refractivity contribution in [2.75, 3.05) is 29.5 Å². The molecule has 3 aromatic rings. The first-order chi connectivity index (χ1) is 18.9. The topological polar surface area (TPSA) is 119 Å². The first kappa shape index (κ1) is 29.1. The lowest BCUT2D eigenvalue weighted by atomic mass is 10.0. The summed E-state index contributed by atoms with van der Waals surface area (Å²) in [5.41, 5.74) is 6.23. The Hall–Kier alpha value is -3.94. The van der Waals surface area contributed by atoms with Gasteiger partial charge in [0.15, 0.2) is 16.2 Å². The number of carbonyl (C=O) groups excluding carboxylic acids is 2. The van der Waals surface area contributed by atoms with Crippen molar-refractivity contribution in [3.63, 3.8) is 0 Å². The zero-order valence-corrected chi connectivity index (χ0v) is 22.0. The van der Waals surface area contributed by atoms with Crippen LogP contribution < -0.4 is 15.8 Å². The summed E-state index contributed by atoms with van der Waals surface area (Å²) in [4.78, 5) is 26.5. The number of alkyl halides is 3. The molecule has 9 nitrogen and oxygen atoms in total. The van der Waals surface area contributed by atoms with Crippen molar-refractivity contribution in [2.45, 2.75) is 19.1 Å². The van der Waals surface area contributed by atoms with Crippen LogP contribution in [0.1, 0.15) is 15.9 Å². The number of hydrogen-bond acceptors (Lipinski definition) is 7. The molecule has 4 rings (SSSR count). The van der Waals surface area contributed by atoms with Gasteiger partial charge in [-0.2, -0.15) is 13.2 Å². The second kappa shape index (κ2) is 12.1. The lowest BCUT2D eigenvalue weighted by molar-refractivity contribution is -0.174.